The number of amides is 1. The van der Waals surface area contributed by atoms with E-state index >= 15 is 0 Å². The van der Waals surface area contributed by atoms with Crippen molar-refractivity contribution >= 4 is 11.9 Å². The molecule has 0 aromatic carbocycles. The van der Waals surface area contributed by atoms with Crippen LogP contribution in [-0.2, 0) is 4.79 Å². The number of hydrogen-bond acceptors (Lipinski definition) is 5. The second-order valence-electron chi connectivity index (χ2n) is 5.07. The highest BCUT2D eigenvalue weighted by molar-refractivity contribution is 5.84. The van der Waals surface area contributed by atoms with Gasteiger partial charge in [-0.3, -0.25) is 4.79 Å². The van der Waals surface area contributed by atoms with E-state index < -0.39 is 5.97 Å². The van der Waals surface area contributed by atoms with Crippen LogP contribution in [0.1, 0.15) is 23.0 Å². The van der Waals surface area contributed by atoms with Crippen LogP contribution in [0.3, 0.4) is 0 Å². The molecule has 0 spiro atoms. The van der Waals surface area contributed by atoms with Gasteiger partial charge in [0, 0.05) is 19.5 Å². The summed E-state index contributed by atoms with van der Waals surface area (Å²) in [5.74, 6) is -0.450. The zero-order valence-electron chi connectivity index (χ0n) is 10.3. The first-order valence-corrected chi connectivity index (χ1v) is 6.27. The summed E-state index contributed by atoms with van der Waals surface area (Å²) in [6, 6.07) is 0.0454. The first-order chi connectivity index (χ1) is 9.13. The number of hydrogen-bond donors (Lipinski definition) is 2. The fourth-order valence-corrected chi connectivity index (χ4v) is 2.25. The predicted octanol–water partition coefficient (Wildman–Crippen LogP) is -1.03. The van der Waals surface area contributed by atoms with E-state index in [0.717, 1.165) is 13.1 Å². The first kappa shape index (κ1) is 12.1. The van der Waals surface area contributed by atoms with E-state index in [9.17, 15) is 9.59 Å². The molecule has 0 aliphatic carbocycles. The fourth-order valence-electron chi connectivity index (χ4n) is 2.25. The standard InChI is InChI=1S/C11H15N5O3/c17-10(1-7-2-12-3-7)15-4-8(5-15)16-6-9(11(18)19)13-14-16/h6-8,12H,1-5H2,(H,18,19). The van der Waals surface area contributed by atoms with Crippen LogP contribution >= 0.6 is 0 Å². The number of aromatic carboxylic acids is 1. The van der Waals surface area contributed by atoms with Crippen LogP contribution in [0.2, 0.25) is 0 Å². The number of carbonyl (C=O) groups excluding carboxylic acids is 1. The molecule has 0 radical (unpaired) electrons. The Balaban J connectivity index is 1.51. The molecule has 2 N–H and O–H groups in total. The molecule has 1 aromatic rings. The van der Waals surface area contributed by atoms with Gasteiger partial charge in [-0.25, -0.2) is 9.48 Å². The van der Waals surface area contributed by atoms with Gasteiger partial charge in [0.15, 0.2) is 5.69 Å². The fraction of sp³-hybridized carbons (Fsp3) is 0.636. The van der Waals surface area contributed by atoms with Gasteiger partial charge in [-0.05, 0) is 19.0 Å². The lowest BCUT2D eigenvalue weighted by molar-refractivity contribution is -0.138. The van der Waals surface area contributed by atoms with Crippen LogP contribution in [0.4, 0.5) is 0 Å². The summed E-state index contributed by atoms with van der Waals surface area (Å²) < 4.78 is 1.53. The number of nitrogens with one attached hydrogen (secondary N) is 1. The Morgan fingerprint density at radius 2 is 2.16 bits per heavy atom. The van der Waals surface area contributed by atoms with Crippen LogP contribution in [0.25, 0.3) is 0 Å². The van der Waals surface area contributed by atoms with Crippen LogP contribution in [0, 0.1) is 5.92 Å². The summed E-state index contributed by atoms with van der Waals surface area (Å²) >= 11 is 0. The Morgan fingerprint density at radius 3 is 2.68 bits per heavy atom. The molecule has 0 saturated carbocycles. The number of likely N-dealkylation sites (tertiary alicyclic amines) is 1. The van der Waals surface area contributed by atoms with Crippen molar-refractivity contribution in [1.82, 2.24) is 25.2 Å². The number of rotatable bonds is 4. The van der Waals surface area contributed by atoms with Crippen molar-refractivity contribution in [2.75, 3.05) is 26.2 Å². The van der Waals surface area contributed by atoms with E-state index in [1.807, 2.05) is 0 Å². The lowest BCUT2D eigenvalue weighted by atomic mass is 9.97. The Labute approximate surface area is 109 Å². The van der Waals surface area contributed by atoms with Gasteiger partial charge in [0.1, 0.15) is 0 Å². The summed E-state index contributed by atoms with van der Waals surface area (Å²) in [5.41, 5.74) is -0.0645. The quantitative estimate of drug-likeness (QED) is 0.722. The van der Waals surface area contributed by atoms with Gasteiger partial charge in [0.25, 0.3) is 0 Å². The van der Waals surface area contributed by atoms with Crippen molar-refractivity contribution in [3.63, 3.8) is 0 Å². The van der Waals surface area contributed by atoms with Crippen molar-refractivity contribution in [2.24, 2.45) is 5.92 Å². The Bertz CT molecular complexity index is 504. The highest BCUT2D eigenvalue weighted by atomic mass is 16.4. The molecule has 102 valence electrons. The SMILES string of the molecule is O=C(O)c1cn(C2CN(C(=O)CC3CNC3)C2)nn1. The van der Waals surface area contributed by atoms with Crippen molar-refractivity contribution < 1.29 is 14.7 Å². The number of carboxylic acid groups (broad SMARTS) is 1. The molecule has 3 rings (SSSR count). The van der Waals surface area contributed by atoms with E-state index in [1.54, 1.807) is 4.90 Å². The molecular weight excluding hydrogens is 250 g/mol. The molecule has 8 nitrogen and oxygen atoms in total. The molecule has 0 atom stereocenters. The van der Waals surface area contributed by atoms with Crippen LogP contribution in [0.5, 0.6) is 0 Å². The average molecular weight is 265 g/mol. The summed E-state index contributed by atoms with van der Waals surface area (Å²) in [6.07, 6.45) is 2.00. The number of aromatic nitrogens is 3. The van der Waals surface area contributed by atoms with Crippen molar-refractivity contribution in [3.05, 3.63) is 11.9 Å². The molecule has 2 aliphatic rings. The molecule has 19 heavy (non-hydrogen) atoms. The largest absolute Gasteiger partial charge is 0.476 e. The summed E-state index contributed by atoms with van der Waals surface area (Å²) in [6.45, 7) is 3.02. The van der Waals surface area contributed by atoms with Crippen LogP contribution in [0.15, 0.2) is 6.20 Å². The zero-order valence-corrected chi connectivity index (χ0v) is 10.3. The maximum Gasteiger partial charge on any atom is 0.358 e. The molecule has 2 saturated heterocycles. The third-order valence-electron chi connectivity index (χ3n) is 3.65. The van der Waals surface area contributed by atoms with Crippen molar-refractivity contribution in [1.29, 1.82) is 0 Å². The van der Waals surface area contributed by atoms with Crippen molar-refractivity contribution in [3.8, 4) is 0 Å². The molecule has 2 aliphatic heterocycles. The molecule has 0 bridgehead atoms. The molecule has 3 heterocycles. The van der Waals surface area contributed by atoms with Crippen molar-refractivity contribution in [2.45, 2.75) is 12.5 Å². The Morgan fingerprint density at radius 1 is 1.42 bits per heavy atom. The van der Waals surface area contributed by atoms with Gasteiger partial charge in [-0.15, -0.1) is 5.10 Å². The van der Waals surface area contributed by atoms with E-state index in [-0.39, 0.29) is 17.6 Å². The topological polar surface area (TPSA) is 100 Å². The number of carboxylic acids is 1. The molecule has 8 heteroatoms. The Hall–Kier alpha value is -1.96. The van der Waals surface area contributed by atoms with Gasteiger partial charge in [-0.2, -0.15) is 0 Å². The second kappa shape index (κ2) is 4.61. The van der Waals surface area contributed by atoms with E-state index in [4.69, 9.17) is 5.11 Å². The third kappa shape index (κ3) is 2.30. The second-order valence-corrected chi connectivity index (χ2v) is 5.07. The normalized spacial score (nSPS) is 19.9. The van der Waals surface area contributed by atoms with Crippen LogP contribution in [-0.4, -0.2) is 63.1 Å². The zero-order chi connectivity index (χ0) is 13.4. The summed E-state index contributed by atoms with van der Waals surface area (Å²) in [7, 11) is 0. The Kier molecular flexibility index (Phi) is 2.94. The van der Waals surface area contributed by atoms with E-state index in [0.29, 0.717) is 25.4 Å². The number of carbonyl (C=O) groups is 2. The average Bonchev–Trinajstić information content (AvgIpc) is 2.71. The van der Waals surface area contributed by atoms with Gasteiger partial charge >= 0.3 is 5.97 Å². The maximum atomic E-state index is 11.9. The molecule has 2 fully saturated rings. The first-order valence-electron chi connectivity index (χ1n) is 6.27. The number of nitrogens with zero attached hydrogens (tertiary/aromatic N) is 4. The van der Waals surface area contributed by atoms with Gasteiger partial charge < -0.3 is 15.3 Å². The van der Waals surface area contributed by atoms with Gasteiger partial charge in [0.2, 0.25) is 5.91 Å². The highest BCUT2D eigenvalue weighted by Crippen LogP contribution is 2.22. The molecular formula is C11H15N5O3. The van der Waals surface area contributed by atoms with E-state index in [1.165, 1.54) is 10.9 Å². The molecule has 0 unspecified atom stereocenters. The monoisotopic (exact) mass is 265 g/mol. The third-order valence-corrected chi connectivity index (χ3v) is 3.65. The minimum atomic E-state index is -1.09. The smallest absolute Gasteiger partial charge is 0.358 e. The maximum absolute atomic E-state index is 11.9. The van der Waals surface area contributed by atoms with Gasteiger partial charge in [0.05, 0.1) is 12.2 Å². The highest BCUT2D eigenvalue weighted by Gasteiger charge is 2.34. The molecule has 1 amide bonds. The lowest BCUT2D eigenvalue weighted by Crippen LogP contribution is -2.53. The summed E-state index contributed by atoms with van der Waals surface area (Å²) in [4.78, 5) is 24.4. The summed E-state index contributed by atoms with van der Waals surface area (Å²) in [5, 5.41) is 19.2. The minimum Gasteiger partial charge on any atom is -0.476 e. The van der Waals surface area contributed by atoms with E-state index in [2.05, 4.69) is 15.6 Å². The van der Waals surface area contributed by atoms with Gasteiger partial charge in [-0.1, -0.05) is 5.21 Å². The molecule has 1 aromatic heterocycles. The lowest BCUT2D eigenvalue weighted by Gasteiger charge is -2.40. The minimum absolute atomic E-state index is 0.0454. The predicted molar refractivity (Wildman–Crippen MR) is 63.6 cm³/mol. The van der Waals surface area contributed by atoms with Crippen LogP contribution < -0.4 is 5.32 Å².